The van der Waals surface area contributed by atoms with Gasteiger partial charge in [-0.2, -0.15) is 15.0 Å². The predicted molar refractivity (Wildman–Crippen MR) is 169 cm³/mol. The minimum absolute atomic E-state index is 0.0871. The van der Waals surface area contributed by atoms with Gasteiger partial charge in [0.1, 0.15) is 11.5 Å². The van der Waals surface area contributed by atoms with Gasteiger partial charge < -0.3 is 35.1 Å². The van der Waals surface area contributed by atoms with Gasteiger partial charge in [0.15, 0.2) is 0 Å². The summed E-state index contributed by atoms with van der Waals surface area (Å²) >= 11 is 0. The Hall–Kier alpha value is -4.12. The monoisotopic (exact) mass is 591 g/mol. The zero-order valence-electron chi connectivity index (χ0n) is 26.0. The number of hydrogen-bond donors (Lipinski definition) is 3. The molecule has 0 saturated heterocycles. The third-order valence-electron chi connectivity index (χ3n) is 6.78. The van der Waals surface area contributed by atoms with Gasteiger partial charge in [-0.05, 0) is 81.9 Å². The van der Waals surface area contributed by atoms with Gasteiger partial charge in [-0.15, -0.1) is 0 Å². The average molecular weight is 592 g/mol. The molecule has 11 nitrogen and oxygen atoms in total. The van der Waals surface area contributed by atoms with Gasteiger partial charge in [-0.25, -0.2) is 0 Å². The number of benzene rings is 2. The smallest absolute Gasteiger partial charge is 0.323 e. The van der Waals surface area contributed by atoms with Crippen molar-refractivity contribution in [2.45, 2.75) is 53.0 Å². The van der Waals surface area contributed by atoms with Crippen LogP contribution in [0, 0.1) is 5.41 Å². The summed E-state index contributed by atoms with van der Waals surface area (Å²) in [6.45, 7) is 9.62. The van der Waals surface area contributed by atoms with Crippen LogP contribution in [-0.2, 0) is 6.54 Å². The van der Waals surface area contributed by atoms with Crippen LogP contribution in [0.1, 0.15) is 62.4 Å². The fraction of sp³-hybridized carbons (Fsp3) is 0.500. The van der Waals surface area contributed by atoms with E-state index in [9.17, 15) is 4.79 Å². The molecule has 1 aromatic heterocycles. The number of amides is 1. The first-order valence-corrected chi connectivity index (χ1v) is 15.0. The highest BCUT2D eigenvalue weighted by Gasteiger charge is 2.22. The highest BCUT2D eigenvalue weighted by Crippen LogP contribution is 2.27. The Kier molecular flexibility index (Phi) is 11.4. The molecule has 3 aromatic rings. The van der Waals surface area contributed by atoms with Gasteiger partial charge in [-0.3, -0.25) is 4.79 Å². The van der Waals surface area contributed by atoms with E-state index in [1.807, 2.05) is 57.4 Å². The van der Waals surface area contributed by atoms with Crippen molar-refractivity contribution in [1.82, 2.24) is 25.2 Å². The third-order valence-corrected chi connectivity index (χ3v) is 6.78. The molecule has 0 aliphatic carbocycles. The molecule has 2 aliphatic heterocycles. The van der Waals surface area contributed by atoms with Crippen molar-refractivity contribution in [2.24, 2.45) is 5.41 Å². The van der Waals surface area contributed by atoms with E-state index in [1.165, 1.54) is 0 Å². The van der Waals surface area contributed by atoms with E-state index < -0.39 is 0 Å². The van der Waals surface area contributed by atoms with Crippen LogP contribution < -0.4 is 30.2 Å². The molecular weight excluding hydrogens is 546 g/mol. The van der Waals surface area contributed by atoms with Crippen molar-refractivity contribution >= 4 is 23.5 Å². The number of fused-ring (bicyclic) bond motifs is 10. The van der Waals surface area contributed by atoms with Crippen molar-refractivity contribution in [3.05, 3.63) is 53.6 Å². The topological polar surface area (TPSA) is 123 Å². The molecule has 0 atom stereocenters. The molecule has 2 aliphatic rings. The second kappa shape index (κ2) is 15.4. The first kappa shape index (κ1) is 31.8. The largest absolute Gasteiger partial charge is 0.494 e. The van der Waals surface area contributed by atoms with Gasteiger partial charge in [0.05, 0.1) is 25.4 Å². The Labute approximate surface area is 254 Å². The summed E-state index contributed by atoms with van der Waals surface area (Å²) in [6, 6.07) is 13.6. The standard InChI is InChI=1S/C32H45N7O4/c1-6-41-31-37-29-33-20-23-11-14-25(15-12-23)42-17-9-7-8-10-18-43-27-19-24(35-30(36-29)38-31)13-16-26(27)28(40)34-21-32(2,3)22-39(4)5/h11-16,19H,6-10,17-18,20-22H2,1-5H3,(H,34,40)(H2,33,35,36,37,38). The van der Waals surface area contributed by atoms with E-state index in [1.54, 1.807) is 6.07 Å². The number of ether oxygens (including phenoxy) is 3. The average Bonchev–Trinajstić information content (AvgIpc) is 2.96. The fourth-order valence-electron chi connectivity index (χ4n) is 4.86. The molecule has 0 spiro atoms. The van der Waals surface area contributed by atoms with E-state index in [2.05, 4.69) is 49.6 Å². The van der Waals surface area contributed by atoms with Crippen molar-refractivity contribution in [2.75, 3.05) is 57.6 Å². The Morgan fingerprint density at radius 3 is 2.42 bits per heavy atom. The van der Waals surface area contributed by atoms with Crippen molar-refractivity contribution in [1.29, 1.82) is 0 Å². The van der Waals surface area contributed by atoms with E-state index in [4.69, 9.17) is 14.2 Å². The minimum atomic E-state index is -0.173. The highest BCUT2D eigenvalue weighted by molar-refractivity contribution is 5.97. The van der Waals surface area contributed by atoms with E-state index >= 15 is 0 Å². The predicted octanol–water partition coefficient (Wildman–Crippen LogP) is 5.28. The third kappa shape index (κ3) is 10.3. The van der Waals surface area contributed by atoms with E-state index in [0.29, 0.717) is 61.8 Å². The van der Waals surface area contributed by atoms with Gasteiger partial charge in [0.25, 0.3) is 5.91 Å². The van der Waals surface area contributed by atoms with Crippen LogP contribution in [-0.4, -0.2) is 72.8 Å². The summed E-state index contributed by atoms with van der Waals surface area (Å²) in [6.07, 6.45) is 3.86. The normalized spacial score (nSPS) is 14.4. The van der Waals surface area contributed by atoms with Gasteiger partial charge >= 0.3 is 6.01 Å². The van der Waals surface area contributed by atoms with Gasteiger partial charge in [0.2, 0.25) is 11.9 Å². The molecule has 2 aromatic carbocycles. The SMILES string of the molecule is CCOc1nc2nc(n1)Nc1ccc(C(=O)NCC(C)(C)CN(C)C)c(c1)OCCCCCCOc1ccc(cc1)CN2. The number of rotatable bonds is 7. The van der Waals surface area contributed by atoms with E-state index in [-0.39, 0.29) is 17.3 Å². The Morgan fingerprint density at radius 2 is 1.70 bits per heavy atom. The van der Waals surface area contributed by atoms with Crippen LogP contribution in [0.2, 0.25) is 0 Å². The number of aromatic nitrogens is 3. The van der Waals surface area contributed by atoms with Crippen LogP contribution in [0.5, 0.6) is 17.5 Å². The first-order chi connectivity index (χ1) is 20.7. The fourth-order valence-corrected chi connectivity index (χ4v) is 4.86. The number of carbonyl (C=O) groups excluding carboxylic acids is 1. The molecule has 0 fully saturated rings. The van der Waals surface area contributed by atoms with Gasteiger partial charge in [0, 0.05) is 31.4 Å². The van der Waals surface area contributed by atoms with E-state index in [0.717, 1.165) is 43.5 Å². The summed E-state index contributed by atoms with van der Waals surface area (Å²) in [7, 11) is 4.06. The van der Waals surface area contributed by atoms with Crippen molar-refractivity contribution in [3.63, 3.8) is 0 Å². The molecular formula is C32H45N7O4. The minimum Gasteiger partial charge on any atom is -0.494 e. The lowest BCUT2D eigenvalue weighted by molar-refractivity contribution is 0.0925. The van der Waals surface area contributed by atoms with Crippen LogP contribution in [0.25, 0.3) is 0 Å². The lowest BCUT2D eigenvalue weighted by Gasteiger charge is -2.28. The summed E-state index contributed by atoms with van der Waals surface area (Å²) in [4.78, 5) is 28.8. The van der Waals surface area contributed by atoms with Crippen LogP contribution in [0.3, 0.4) is 0 Å². The number of nitrogens with one attached hydrogen (secondary N) is 3. The van der Waals surface area contributed by atoms with Crippen molar-refractivity contribution in [3.8, 4) is 17.5 Å². The number of hydrogen-bond acceptors (Lipinski definition) is 10. The zero-order valence-corrected chi connectivity index (χ0v) is 26.0. The summed E-state index contributed by atoms with van der Waals surface area (Å²) in [5.41, 5.74) is 2.14. The molecule has 3 heterocycles. The number of nitrogens with zero attached hydrogens (tertiary/aromatic N) is 4. The van der Waals surface area contributed by atoms with Crippen LogP contribution in [0.15, 0.2) is 42.5 Å². The van der Waals surface area contributed by atoms with Crippen LogP contribution >= 0.6 is 0 Å². The molecule has 1 amide bonds. The summed E-state index contributed by atoms with van der Waals surface area (Å²) in [5, 5.41) is 9.59. The molecule has 3 N–H and O–H groups in total. The Bertz CT molecular complexity index is 1330. The molecule has 6 bridgehead atoms. The number of carbonyl (C=O) groups is 1. The summed E-state index contributed by atoms with van der Waals surface area (Å²) < 4.78 is 17.7. The second-order valence-corrected chi connectivity index (χ2v) is 11.7. The molecule has 5 rings (SSSR count). The molecule has 43 heavy (non-hydrogen) atoms. The molecule has 0 saturated carbocycles. The molecule has 232 valence electrons. The maximum Gasteiger partial charge on any atom is 0.323 e. The second-order valence-electron chi connectivity index (χ2n) is 11.7. The highest BCUT2D eigenvalue weighted by atomic mass is 16.5. The molecule has 0 unspecified atom stereocenters. The quantitative estimate of drug-likeness (QED) is 0.335. The Morgan fingerprint density at radius 1 is 0.977 bits per heavy atom. The molecule has 0 radical (unpaired) electrons. The summed E-state index contributed by atoms with van der Waals surface area (Å²) in [5.74, 6) is 1.86. The first-order valence-electron chi connectivity index (χ1n) is 15.0. The Balaban J connectivity index is 1.58. The molecule has 11 heteroatoms. The van der Waals surface area contributed by atoms with Crippen LogP contribution in [0.4, 0.5) is 17.6 Å². The maximum atomic E-state index is 13.3. The lowest BCUT2D eigenvalue weighted by Crippen LogP contribution is -2.40. The lowest BCUT2D eigenvalue weighted by atomic mass is 9.93. The van der Waals surface area contributed by atoms with Crippen molar-refractivity contribution < 1.29 is 19.0 Å². The van der Waals surface area contributed by atoms with Gasteiger partial charge in [-0.1, -0.05) is 26.0 Å². The maximum absolute atomic E-state index is 13.3. The number of anilines is 3. The zero-order chi connectivity index (χ0) is 30.7.